The Balaban J connectivity index is 0.00000147. The molecule has 0 saturated carbocycles. The molecule has 100 valence electrons. The van der Waals surface area contributed by atoms with Gasteiger partial charge in [-0.3, -0.25) is 19.3 Å². The maximum atomic E-state index is 12.3. The fraction of sp³-hybridized carbons (Fsp3) is 0.357. The lowest BCUT2D eigenvalue weighted by Gasteiger charge is -2.23. The molecule has 0 unspecified atom stereocenters. The van der Waals surface area contributed by atoms with Crippen molar-refractivity contribution >= 4 is 17.7 Å². The fourth-order valence-electron chi connectivity index (χ4n) is 2.66. The van der Waals surface area contributed by atoms with Gasteiger partial charge in [0, 0.05) is 7.97 Å². The SMILES string of the molecule is O=C1NCCCC[C@@H]1N1C(=O)c2ccccc2C1=O.[HH]. The maximum absolute atomic E-state index is 12.3. The number of hydrogen-bond acceptors (Lipinski definition) is 3. The number of nitrogens with one attached hydrogen (secondary N) is 1. The molecule has 2 heterocycles. The van der Waals surface area contributed by atoms with Crippen LogP contribution in [0.15, 0.2) is 24.3 Å². The molecule has 3 rings (SSSR count). The van der Waals surface area contributed by atoms with Crippen LogP contribution in [0.3, 0.4) is 0 Å². The summed E-state index contributed by atoms with van der Waals surface area (Å²) in [7, 11) is 0. The number of imide groups is 1. The number of nitrogens with zero attached hydrogens (tertiary/aromatic N) is 1. The molecule has 1 aromatic rings. The molecule has 5 heteroatoms. The first kappa shape index (κ1) is 11.9. The molecule has 2 aliphatic heterocycles. The molecule has 19 heavy (non-hydrogen) atoms. The zero-order valence-electron chi connectivity index (χ0n) is 10.4. The molecule has 3 amide bonds. The van der Waals surface area contributed by atoms with E-state index in [9.17, 15) is 14.4 Å². The quantitative estimate of drug-likeness (QED) is 0.771. The largest absolute Gasteiger partial charge is 0.354 e. The average molecular weight is 260 g/mol. The second kappa shape index (κ2) is 4.50. The maximum Gasteiger partial charge on any atom is 0.262 e. The second-order valence-corrected chi connectivity index (χ2v) is 4.83. The summed E-state index contributed by atoms with van der Waals surface area (Å²) in [5.74, 6) is -0.947. The van der Waals surface area contributed by atoms with Crippen molar-refractivity contribution in [3.8, 4) is 0 Å². The summed E-state index contributed by atoms with van der Waals surface area (Å²) >= 11 is 0. The number of amides is 3. The lowest BCUT2D eigenvalue weighted by molar-refractivity contribution is -0.124. The molecule has 1 saturated heterocycles. The van der Waals surface area contributed by atoms with Crippen LogP contribution in [0.1, 0.15) is 41.4 Å². The molecule has 1 N–H and O–H groups in total. The van der Waals surface area contributed by atoms with Gasteiger partial charge < -0.3 is 5.32 Å². The first-order valence-electron chi connectivity index (χ1n) is 6.45. The highest BCUT2D eigenvalue weighted by molar-refractivity contribution is 6.22. The number of benzene rings is 1. The van der Waals surface area contributed by atoms with Gasteiger partial charge in [0.25, 0.3) is 11.8 Å². The van der Waals surface area contributed by atoms with Gasteiger partial charge in [-0.25, -0.2) is 0 Å². The van der Waals surface area contributed by atoms with Gasteiger partial charge >= 0.3 is 0 Å². The van der Waals surface area contributed by atoms with E-state index in [-0.39, 0.29) is 19.1 Å². The summed E-state index contributed by atoms with van der Waals surface area (Å²) in [5, 5.41) is 2.75. The Morgan fingerprint density at radius 3 is 2.32 bits per heavy atom. The van der Waals surface area contributed by atoms with E-state index >= 15 is 0 Å². The molecule has 0 radical (unpaired) electrons. The highest BCUT2D eigenvalue weighted by Crippen LogP contribution is 2.26. The van der Waals surface area contributed by atoms with E-state index in [2.05, 4.69) is 5.32 Å². The number of hydrogen-bond donors (Lipinski definition) is 1. The number of carbonyl (C=O) groups excluding carboxylic acids is 3. The normalized spacial score (nSPS) is 23.1. The van der Waals surface area contributed by atoms with Gasteiger partial charge in [0.2, 0.25) is 5.91 Å². The summed E-state index contributed by atoms with van der Waals surface area (Å²) in [5.41, 5.74) is 0.786. The van der Waals surface area contributed by atoms with Crippen molar-refractivity contribution in [2.75, 3.05) is 6.54 Å². The summed E-state index contributed by atoms with van der Waals surface area (Å²) in [6.07, 6.45) is 2.25. The molecule has 1 aromatic carbocycles. The Hall–Kier alpha value is -2.17. The van der Waals surface area contributed by atoms with Crippen LogP contribution in [0.4, 0.5) is 0 Å². The van der Waals surface area contributed by atoms with Gasteiger partial charge in [-0.2, -0.15) is 0 Å². The third kappa shape index (κ3) is 1.82. The van der Waals surface area contributed by atoms with E-state index in [0.717, 1.165) is 17.7 Å². The van der Waals surface area contributed by atoms with Crippen molar-refractivity contribution in [1.29, 1.82) is 0 Å². The van der Waals surface area contributed by atoms with E-state index in [4.69, 9.17) is 0 Å². The van der Waals surface area contributed by atoms with E-state index < -0.39 is 6.04 Å². The van der Waals surface area contributed by atoms with Crippen LogP contribution in [0.25, 0.3) is 0 Å². The van der Waals surface area contributed by atoms with E-state index in [1.807, 2.05) is 0 Å². The Morgan fingerprint density at radius 2 is 1.68 bits per heavy atom. The van der Waals surface area contributed by atoms with Crippen molar-refractivity contribution in [2.45, 2.75) is 25.3 Å². The molecule has 0 aliphatic carbocycles. The summed E-state index contributed by atoms with van der Waals surface area (Å²) in [6.45, 7) is 0.610. The minimum Gasteiger partial charge on any atom is -0.354 e. The van der Waals surface area contributed by atoms with Crippen LogP contribution in [0, 0.1) is 0 Å². The molecule has 2 aliphatic rings. The molecule has 5 nitrogen and oxygen atoms in total. The van der Waals surface area contributed by atoms with Crippen molar-refractivity contribution in [1.82, 2.24) is 10.2 Å². The highest BCUT2D eigenvalue weighted by Gasteiger charge is 2.42. The van der Waals surface area contributed by atoms with Gasteiger partial charge in [-0.1, -0.05) is 12.1 Å². The number of carbonyl (C=O) groups is 3. The zero-order valence-corrected chi connectivity index (χ0v) is 10.4. The molecular weight excluding hydrogens is 244 g/mol. The monoisotopic (exact) mass is 260 g/mol. The highest BCUT2D eigenvalue weighted by atomic mass is 16.2. The lowest BCUT2D eigenvalue weighted by Crippen LogP contribution is -2.48. The second-order valence-electron chi connectivity index (χ2n) is 4.83. The summed E-state index contributed by atoms with van der Waals surface area (Å²) < 4.78 is 0. The van der Waals surface area contributed by atoms with Crippen LogP contribution in [-0.4, -0.2) is 35.2 Å². The van der Waals surface area contributed by atoms with Crippen LogP contribution >= 0.6 is 0 Å². The molecule has 1 fully saturated rings. The Labute approximate surface area is 112 Å². The van der Waals surface area contributed by atoms with Crippen molar-refractivity contribution in [2.24, 2.45) is 0 Å². The third-order valence-corrected chi connectivity index (χ3v) is 3.64. The van der Waals surface area contributed by atoms with Gasteiger partial charge in [0.05, 0.1) is 11.1 Å². The minimum atomic E-state index is -0.671. The fourth-order valence-corrected chi connectivity index (χ4v) is 2.66. The first-order chi connectivity index (χ1) is 9.20. The topological polar surface area (TPSA) is 66.5 Å². The smallest absolute Gasteiger partial charge is 0.262 e. The van der Waals surface area contributed by atoms with Crippen molar-refractivity contribution in [3.05, 3.63) is 35.4 Å². The molecule has 0 bridgehead atoms. The van der Waals surface area contributed by atoms with E-state index in [1.54, 1.807) is 24.3 Å². The van der Waals surface area contributed by atoms with Crippen molar-refractivity contribution < 1.29 is 15.8 Å². The number of rotatable bonds is 1. The summed E-state index contributed by atoms with van der Waals surface area (Å²) in [6, 6.07) is 6.03. The van der Waals surface area contributed by atoms with Crippen LogP contribution in [-0.2, 0) is 4.79 Å². The third-order valence-electron chi connectivity index (χ3n) is 3.64. The molecule has 0 spiro atoms. The van der Waals surface area contributed by atoms with Gasteiger partial charge in [0.15, 0.2) is 0 Å². The van der Waals surface area contributed by atoms with E-state index in [0.29, 0.717) is 24.1 Å². The van der Waals surface area contributed by atoms with Gasteiger partial charge in [-0.05, 0) is 31.4 Å². The lowest BCUT2D eigenvalue weighted by atomic mass is 10.1. The van der Waals surface area contributed by atoms with Crippen molar-refractivity contribution in [3.63, 3.8) is 0 Å². The first-order valence-corrected chi connectivity index (χ1v) is 6.45. The Kier molecular flexibility index (Phi) is 2.81. The standard InChI is InChI=1S/C14H14N2O3.H2/c17-12-11(7-3-4-8-15-12)16-13(18)9-5-1-2-6-10(9)14(16)19;/h1-2,5-6,11H,3-4,7-8H2,(H,15,17);1H/t11-;/m0./s1. The van der Waals surface area contributed by atoms with E-state index in [1.165, 1.54) is 0 Å². The van der Waals surface area contributed by atoms with Crippen LogP contribution < -0.4 is 5.32 Å². The van der Waals surface area contributed by atoms with Crippen LogP contribution in [0.5, 0.6) is 0 Å². The van der Waals surface area contributed by atoms with Gasteiger partial charge in [0.1, 0.15) is 6.04 Å². The predicted octanol–water partition coefficient (Wildman–Crippen LogP) is 1.20. The van der Waals surface area contributed by atoms with Crippen LogP contribution in [0.2, 0.25) is 0 Å². The summed E-state index contributed by atoms with van der Waals surface area (Å²) in [4.78, 5) is 37.7. The Bertz CT molecular complexity index is 538. The molecular formula is C14H16N2O3. The average Bonchev–Trinajstić information content (AvgIpc) is 2.57. The zero-order chi connectivity index (χ0) is 13.4. The number of fused-ring (bicyclic) bond motifs is 1. The Morgan fingerprint density at radius 1 is 1.05 bits per heavy atom. The predicted molar refractivity (Wildman–Crippen MR) is 69.7 cm³/mol. The molecule has 0 aromatic heterocycles. The minimum absolute atomic E-state index is 0. The molecule has 1 atom stereocenters. The van der Waals surface area contributed by atoms with Gasteiger partial charge in [-0.15, -0.1) is 0 Å².